The molecule has 1 fully saturated rings. The fraction of sp³-hybridized carbons (Fsp3) is 1.00. The molecule has 1 heterocycles. The zero-order valence-electron chi connectivity index (χ0n) is 7.80. The van der Waals surface area contributed by atoms with Crippen molar-refractivity contribution < 1.29 is 36.7 Å². The number of rotatable bonds is 4. The average Bonchev–Trinajstić information content (AvgIpc) is 2.11. The Bertz CT molecular complexity index is 324. The van der Waals surface area contributed by atoms with E-state index in [1.54, 1.807) is 6.26 Å². The summed E-state index contributed by atoms with van der Waals surface area (Å²) in [5.74, 6) is -0.176. The van der Waals surface area contributed by atoms with Crippen LogP contribution in [-0.2, 0) is 22.0 Å². The molecule has 0 saturated carbocycles. The minimum atomic E-state index is -4.94. The van der Waals surface area contributed by atoms with Gasteiger partial charge in [0.25, 0.3) is 0 Å². The van der Waals surface area contributed by atoms with Gasteiger partial charge in [0.1, 0.15) is 0 Å². The SMILES string of the molecule is CSCOP1(=O)O[PH](O)(O)O[PH](O)(N=O)O1. The Morgan fingerprint density at radius 2 is 2.06 bits per heavy atom. The second-order valence-corrected chi connectivity index (χ2v) is 9.07. The van der Waals surface area contributed by atoms with E-state index in [9.17, 15) is 14.4 Å². The van der Waals surface area contributed by atoms with Gasteiger partial charge in [0, 0.05) is 0 Å². The summed E-state index contributed by atoms with van der Waals surface area (Å²) in [7, 11) is -14.2. The molecule has 14 heteroatoms. The Hall–Kier alpha value is 0.760. The summed E-state index contributed by atoms with van der Waals surface area (Å²) in [6.45, 7) is 0. The fourth-order valence-electron chi connectivity index (χ4n) is 0.726. The predicted octanol–water partition coefficient (Wildman–Crippen LogP) is 1.06. The van der Waals surface area contributed by atoms with Crippen LogP contribution in [0.3, 0.4) is 0 Å². The topological polar surface area (TPSA) is 144 Å². The molecule has 0 bridgehead atoms. The summed E-state index contributed by atoms with van der Waals surface area (Å²) in [6.07, 6.45) is 1.59. The third-order valence-corrected chi connectivity index (χ3v) is 8.19. The van der Waals surface area contributed by atoms with Crippen LogP contribution in [0.15, 0.2) is 4.95 Å². The number of nitroso groups, excluding NO2 is 1. The van der Waals surface area contributed by atoms with Gasteiger partial charge in [-0.1, -0.05) is 0 Å². The van der Waals surface area contributed by atoms with E-state index in [4.69, 9.17) is 9.79 Å². The first-order valence-corrected chi connectivity index (χ1v) is 9.89. The molecule has 0 amide bonds. The summed E-state index contributed by atoms with van der Waals surface area (Å²) >= 11 is 1.08. The molecule has 1 unspecified atom stereocenters. The predicted molar refractivity (Wildman–Crippen MR) is 59.4 cm³/mol. The van der Waals surface area contributed by atoms with Crippen molar-refractivity contribution in [2.75, 3.05) is 12.2 Å². The summed E-state index contributed by atoms with van der Waals surface area (Å²) in [6, 6.07) is 0. The molecule has 1 rings (SSSR count). The minimum absolute atomic E-state index is 0.176. The van der Waals surface area contributed by atoms with Gasteiger partial charge in [-0.25, -0.2) is 0 Å². The van der Waals surface area contributed by atoms with E-state index in [-0.39, 0.29) is 5.94 Å². The van der Waals surface area contributed by atoms with Gasteiger partial charge in [-0.05, 0) is 0 Å². The molecule has 1 aliphatic heterocycles. The van der Waals surface area contributed by atoms with E-state index in [1.807, 2.05) is 0 Å². The molecule has 0 aromatic heterocycles. The second-order valence-electron chi connectivity index (χ2n) is 2.46. The molecule has 10 nitrogen and oxygen atoms in total. The van der Waals surface area contributed by atoms with Gasteiger partial charge in [0.2, 0.25) is 0 Å². The van der Waals surface area contributed by atoms with Crippen molar-refractivity contribution in [1.82, 2.24) is 0 Å². The van der Waals surface area contributed by atoms with Crippen molar-refractivity contribution in [2.24, 2.45) is 4.95 Å². The van der Waals surface area contributed by atoms with Gasteiger partial charge >= 0.3 is 94.6 Å². The van der Waals surface area contributed by atoms with E-state index < -0.39 is 24.1 Å². The van der Waals surface area contributed by atoms with Gasteiger partial charge < -0.3 is 0 Å². The Balaban J connectivity index is 2.87. The van der Waals surface area contributed by atoms with Crippen LogP contribution in [0.25, 0.3) is 0 Å². The number of hydrogen-bond donors (Lipinski definition) is 3. The molecule has 16 heavy (non-hydrogen) atoms. The van der Waals surface area contributed by atoms with Crippen molar-refractivity contribution in [2.45, 2.75) is 0 Å². The van der Waals surface area contributed by atoms with E-state index in [1.165, 1.54) is 0 Å². The Morgan fingerprint density at radius 3 is 2.56 bits per heavy atom. The van der Waals surface area contributed by atoms with Gasteiger partial charge in [-0.2, -0.15) is 0 Å². The Morgan fingerprint density at radius 1 is 1.44 bits per heavy atom. The Kier molecular flexibility index (Phi) is 4.79. The Labute approximate surface area is 95.1 Å². The molecule has 98 valence electrons. The quantitative estimate of drug-likeness (QED) is 0.391. The van der Waals surface area contributed by atoms with Gasteiger partial charge in [-0.3, -0.25) is 0 Å². The third-order valence-electron chi connectivity index (χ3n) is 1.17. The van der Waals surface area contributed by atoms with E-state index in [0.29, 0.717) is 0 Å². The van der Waals surface area contributed by atoms with Crippen molar-refractivity contribution in [3.63, 3.8) is 0 Å². The van der Waals surface area contributed by atoms with Crippen molar-refractivity contribution in [3.05, 3.63) is 4.91 Å². The number of phosphoric acid groups is 1. The molecule has 0 aromatic carbocycles. The van der Waals surface area contributed by atoms with E-state index in [2.05, 4.69) is 22.4 Å². The third kappa shape index (κ3) is 3.90. The van der Waals surface area contributed by atoms with Crippen molar-refractivity contribution >= 4 is 35.8 Å². The molecule has 1 aliphatic rings. The second kappa shape index (κ2) is 5.17. The van der Waals surface area contributed by atoms with Crippen LogP contribution in [0.1, 0.15) is 0 Å². The molecule has 1 saturated heterocycles. The van der Waals surface area contributed by atoms with Crippen molar-refractivity contribution in [3.8, 4) is 0 Å². The van der Waals surface area contributed by atoms with Crippen LogP contribution in [0.2, 0.25) is 0 Å². The standard InChI is InChI=1S/C2H10NO9P3S/c1-16-2-9-15(8)11-13(5,3-4)10-14(6,7)12-15/h5-7,13-14H,2H2,1H3. The monoisotopic (exact) mass is 317 g/mol. The van der Waals surface area contributed by atoms with Crippen LogP contribution >= 0.6 is 35.8 Å². The summed E-state index contributed by atoms with van der Waals surface area (Å²) in [5, 5.41) is 0. The molecule has 0 aromatic rings. The van der Waals surface area contributed by atoms with Crippen LogP contribution in [0.5, 0.6) is 0 Å². The van der Waals surface area contributed by atoms with Crippen LogP contribution in [0, 0.1) is 4.91 Å². The molecule has 0 radical (unpaired) electrons. The van der Waals surface area contributed by atoms with E-state index in [0.717, 1.165) is 11.8 Å². The molecule has 1 atom stereocenters. The molecule has 0 aliphatic carbocycles. The van der Waals surface area contributed by atoms with Gasteiger partial charge in [0.15, 0.2) is 0 Å². The molecule has 0 spiro atoms. The van der Waals surface area contributed by atoms with Crippen LogP contribution in [0.4, 0.5) is 0 Å². The first-order valence-electron chi connectivity index (χ1n) is 3.61. The first kappa shape index (κ1) is 14.8. The maximum atomic E-state index is 11.6. The molecule has 3 N–H and O–H groups in total. The summed E-state index contributed by atoms with van der Waals surface area (Å²) in [4.78, 5) is 39.6. The maximum absolute atomic E-state index is 11.6. The van der Waals surface area contributed by atoms with Crippen molar-refractivity contribution in [1.29, 1.82) is 0 Å². The summed E-state index contributed by atoms with van der Waals surface area (Å²) in [5.41, 5.74) is 0. The number of hydrogen-bond acceptors (Lipinski definition) is 11. The van der Waals surface area contributed by atoms with Gasteiger partial charge in [0.05, 0.1) is 0 Å². The van der Waals surface area contributed by atoms with E-state index >= 15 is 0 Å². The van der Waals surface area contributed by atoms with Crippen LogP contribution in [-0.4, -0.2) is 26.9 Å². The number of thioether (sulfide) groups is 1. The molecular formula is C2H10NO9P3S. The first-order chi connectivity index (χ1) is 7.24. The fourth-order valence-corrected chi connectivity index (χ4v) is 7.54. The van der Waals surface area contributed by atoms with Crippen LogP contribution < -0.4 is 0 Å². The summed E-state index contributed by atoms with van der Waals surface area (Å²) < 4.78 is 28.6. The average molecular weight is 317 g/mol. The molecular weight excluding hydrogens is 307 g/mol. The van der Waals surface area contributed by atoms with Gasteiger partial charge in [-0.15, -0.1) is 0 Å². The number of nitrogens with zero attached hydrogens (tertiary/aromatic N) is 1. The zero-order valence-corrected chi connectivity index (χ0v) is 11.5. The zero-order chi connectivity index (χ0) is 12.4. The normalized spacial score (nSPS) is 36.2.